The Hall–Kier alpha value is -3.71. The van der Waals surface area contributed by atoms with E-state index in [1.54, 1.807) is 20.1 Å². The Labute approximate surface area is 220 Å². The van der Waals surface area contributed by atoms with E-state index in [9.17, 15) is 9.59 Å². The summed E-state index contributed by atoms with van der Waals surface area (Å²) in [6.07, 6.45) is 6.19. The molecule has 0 aliphatic heterocycles. The Morgan fingerprint density at radius 3 is 2.62 bits per heavy atom. The number of para-hydroxylation sites is 1. The average molecular weight is 515 g/mol. The van der Waals surface area contributed by atoms with Crippen LogP contribution in [0.15, 0.2) is 54.6 Å². The molecule has 5 rings (SSSR count). The van der Waals surface area contributed by atoms with Gasteiger partial charge in [-0.25, -0.2) is 9.78 Å². The number of carbonyl (C=O) groups is 2. The lowest BCUT2D eigenvalue weighted by Gasteiger charge is -2.12. The van der Waals surface area contributed by atoms with E-state index in [-0.39, 0.29) is 18.5 Å². The summed E-state index contributed by atoms with van der Waals surface area (Å²) < 4.78 is 10.8. The Morgan fingerprint density at radius 1 is 1.00 bits per heavy atom. The number of amides is 1. The van der Waals surface area contributed by atoms with Crippen molar-refractivity contribution in [3.05, 3.63) is 76.2 Å². The second-order valence-electron chi connectivity index (χ2n) is 9.10. The molecular formula is C30H30N2O4S. The van der Waals surface area contributed by atoms with Crippen molar-refractivity contribution in [1.29, 1.82) is 0 Å². The second kappa shape index (κ2) is 11.1. The van der Waals surface area contributed by atoms with Crippen molar-refractivity contribution in [2.24, 2.45) is 0 Å². The maximum Gasteiger partial charge on any atom is 0.341 e. The van der Waals surface area contributed by atoms with Crippen LogP contribution in [0.5, 0.6) is 5.75 Å². The second-order valence-corrected chi connectivity index (χ2v) is 10.2. The Kier molecular flexibility index (Phi) is 7.51. The summed E-state index contributed by atoms with van der Waals surface area (Å²) in [5.74, 6) is 0.0728. The van der Waals surface area contributed by atoms with Gasteiger partial charge in [0.2, 0.25) is 0 Å². The van der Waals surface area contributed by atoms with Crippen LogP contribution >= 0.6 is 11.3 Å². The number of nitrogens with one attached hydrogen (secondary N) is 1. The molecule has 1 aliphatic rings. The summed E-state index contributed by atoms with van der Waals surface area (Å²) in [7, 11) is 1.62. The minimum Gasteiger partial charge on any atom is -0.497 e. The normalized spacial score (nSPS) is 13.4. The fourth-order valence-corrected chi connectivity index (χ4v) is 6.16. The van der Waals surface area contributed by atoms with Crippen LogP contribution in [0.3, 0.4) is 0 Å². The molecule has 2 aromatic carbocycles. The number of aryl methyl sites for hydroxylation is 1. The molecule has 0 saturated carbocycles. The molecule has 1 aliphatic carbocycles. The predicted octanol–water partition coefficient (Wildman–Crippen LogP) is 7.06. The molecule has 0 bridgehead atoms. The zero-order valence-electron chi connectivity index (χ0n) is 21.1. The zero-order chi connectivity index (χ0) is 25.8. The van der Waals surface area contributed by atoms with Crippen LogP contribution in [0.4, 0.5) is 5.00 Å². The largest absolute Gasteiger partial charge is 0.497 e. The molecule has 190 valence electrons. The maximum atomic E-state index is 13.8. The van der Waals surface area contributed by atoms with Gasteiger partial charge in [-0.3, -0.25) is 4.79 Å². The van der Waals surface area contributed by atoms with Gasteiger partial charge in [-0.2, -0.15) is 0 Å². The number of ether oxygens (including phenoxy) is 2. The minimum absolute atomic E-state index is 0.275. The van der Waals surface area contributed by atoms with Crippen molar-refractivity contribution in [3.63, 3.8) is 0 Å². The molecule has 2 aromatic heterocycles. The molecule has 2 heterocycles. The van der Waals surface area contributed by atoms with E-state index in [4.69, 9.17) is 14.5 Å². The number of hydrogen-bond acceptors (Lipinski definition) is 6. The Morgan fingerprint density at radius 2 is 1.81 bits per heavy atom. The van der Waals surface area contributed by atoms with Crippen LogP contribution in [0.25, 0.3) is 22.2 Å². The van der Waals surface area contributed by atoms with Crippen LogP contribution in [0.1, 0.15) is 63.8 Å². The lowest BCUT2D eigenvalue weighted by Crippen LogP contribution is -2.16. The van der Waals surface area contributed by atoms with E-state index in [1.165, 1.54) is 22.6 Å². The molecule has 0 spiro atoms. The predicted molar refractivity (Wildman–Crippen MR) is 148 cm³/mol. The van der Waals surface area contributed by atoms with Gasteiger partial charge in [-0.1, -0.05) is 43.2 Å². The summed E-state index contributed by atoms with van der Waals surface area (Å²) in [6, 6.07) is 17.0. The monoisotopic (exact) mass is 514 g/mol. The van der Waals surface area contributed by atoms with E-state index in [2.05, 4.69) is 5.32 Å². The number of rotatable bonds is 6. The summed E-state index contributed by atoms with van der Waals surface area (Å²) >= 11 is 1.51. The van der Waals surface area contributed by atoms with E-state index in [0.717, 1.165) is 54.1 Å². The first kappa shape index (κ1) is 25.0. The number of methoxy groups -OCH3 is 1. The third-order valence-corrected chi connectivity index (χ3v) is 7.91. The first-order valence-electron chi connectivity index (χ1n) is 12.8. The number of nitrogens with zero attached hydrogens (tertiary/aromatic N) is 1. The average Bonchev–Trinajstić information content (AvgIpc) is 3.23. The summed E-state index contributed by atoms with van der Waals surface area (Å²) in [5, 5.41) is 4.40. The van der Waals surface area contributed by atoms with Gasteiger partial charge in [0.1, 0.15) is 10.8 Å². The highest BCUT2D eigenvalue weighted by molar-refractivity contribution is 7.17. The molecule has 0 atom stereocenters. The van der Waals surface area contributed by atoms with Crippen molar-refractivity contribution < 1.29 is 19.1 Å². The molecule has 0 saturated heterocycles. The van der Waals surface area contributed by atoms with Crippen molar-refractivity contribution in [2.45, 2.75) is 45.4 Å². The maximum absolute atomic E-state index is 13.8. The number of anilines is 1. The third kappa shape index (κ3) is 5.23. The number of benzene rings is 2. The summed E-state index contributed by atoms with van der Waals surface area (Å²) in [5.41, 5.74) is 4.30. The van der Waals surface area contributed by atoms with Crippen LogP contribution in [-0.4, -0.2) is 30.6 Å². The van der Waals surface area contributed by atoms with Gasteiger partial charge in [0.05, 0.1) is 36.1 Å². The van der Waals surface area contributed by atoms with Crippen LogP contribution in [0, 0.1) is 0 Å². The lowest BCUT2D eigenvalue weighted by atomic mass is 9.96. The number of fused-ring (bicyclic) bond motifs is 2. The smallest absolute Gasteiger partial charge is 0.341 e. The Balaban J connectivity index is 1.58. The molecular weight excluding hydrogens is 484 g/mol. The van der Waals surface area contributed by atoms with Gasteiger partial charge in [0, 0.05) is 15.8 Å². The zero-order valence-corrected chi connectivity index (χ0v) is 22.0. The summed E-state index contributed by atoms with van der Waals surface area (Å²) in [6.45, 7) is 2.09. The number of hydrogen-bond donors (Lipinski definition) is 1. The number of aromatic nitrogens is 1. The van der Waals surface area contributed by atoms with Gasteiger partial charge < -0.3 is 14.8 Å². The minimum atomic E-state index is -0.368. The van der Waals surface area contributed by atoms with Gasteiger partial charge in [0.15, 0.2) is 0 Å². The van der Waals surface area contributed by atoms with E-state index in [0.29, 0.717) is 27.6 Å². The fourth-order valence-electron chi connectivity index (χ4n) is 4.89. The van der Waals surface area contributed by atoms with Crippen molar-refractivity contribution in [2.75, 3.05) is 19.0 Å². The van der Waals surface area contributed by atoms with Gasteiger partial charge >= 0.3 is 5.97 Å². The molecule has 0 fully saturated rings. The van der Waals surface area contributed by atoms with Crippen LogP contribution in [0.2, 0.25) is 0 Å². The van der Waals surface area contributed by atoms with Crippen LogP contribution in [-0.2, 0) is 17.6 Å². The van der Waals surface area contributed by atoms with Gasteiger partial charge in [0.25, 0.3) is 5.91 Å². The van der Waals surface area contributed by atoms with Crippen molar-refractivity contribution in [3.8, 4) is 17.0 Å². The Bertz CT molecular complexity index is 1460. The number of esters is 1. The van der Waals surface area contributed by atoms with Gasteiger partial charge in [-0.15, -0.1) is 11.3 Å². The van der Waals surface area contributed by atoms with Crippen LogP contribution < -0.4 is 10.1 Å². The molecule has 0 unspecified atom stereocenters. The number of thiophene rings is 1. The number of carbonyl (C=O) groups excluding carboxylic acids is 2. The number of pyridine rings is 1. The molecule has 0 radical (unpaired) electrons. The molecule has 6 nitrogen and oxygen atoms in total. The SMILES string of the molecule is CCOC(=O)c1c(NC(=O)c2cc(-c3cccc(OC)c3)nc3ccccc23)sc2c1CCCCCC2. The highest BCUT2D eigenvalue weighted by Crippen LogP contribution is 2.38. The van der Waals surface area contributed by atoms with E-state index in [1.807, 2.05) is 48.5 Å². The van der Waals surface area contributed by atoms with Crippen molar-refractivity contribution >= 4 is 39.1 Å². The molecule has 37 heavy (non-hydrogen) atoms. The first-order valence-corrected chi connectivity index (χ1v) is 13.6. The lowest BCUT2D eigenvalue weighted by molar-refractivity contribution is 0.0526. The third-order valence-electron chi connectivity index (χ3n) is 6.70. The van der Waals surface area contributed by atoms with E-state index < -0.39 is 0 Å². The molecule has 1 N–H and O–H groups in total. The molecule has 1 amide bonds. The summed E-state index contributed by atoms with van der Waals surface area (Å²) in [4.78, 5) is 32.8. The van der Waals surface area contributed by atoms with Gasteiger partial charge in [-0.05, 0) is 62.4 Å². The van der Waals surface area contributed by atoms with Crippen molar-refractivity contribution in [1.82, 2.24) is 4.98 Å². The van der Waals surface area contributed by atoms with E-state index >= 15 is 0 Å². The fraction of sp³-hybridized carbons (Fsp3) is 0.300. The highest BCUT2D eigenvalue weighted by atomic mass is 32.1. The topological polar surface area (TPSA) is 77.5 Å². The standard InChI is InChI=1S/C30H30N2O4S/c1-3-36-30(34)27-22-14-6-4-5-7-16-26(22)37-29(27)32-28(33)23-18-25(19-11-10-12-20(17-19)35-2)31-24-15-9-8-13-21(23)24/h8-13,15,17-18H,3-7,14,16H2,1-2H3,(H,32,33). The highest BCUT2D eigenvalue weighted by Gasteiger charge is 2.27. The molecule has 4 aromatic rings. The quantitative estimate of drug-likeness (QED) is 0.279. The molecule has 7 heteroatoms. The first-order chi connectivity index (χ1) is 18.1.